The Morgan fingerprint density at radius 2 is 1.71 bits per heavy atom. The Balaban J connectivity index is 1.55. The van der Waals surface area contributed by atoms with Crippen molar-refractivity contribution in [2.24, 2.45) is 0 Å². The molecule has 1 atom stereocenters. The van der Waals surface area contributed by atoms with Crippen LogP contribution in [0.15, 0.2) is 71.1 Å². The fourth-order valence-corrected chi connectivity index (χ4v) is 5.31. The van der Waals surface area contributed by atoms with Crippen molar-refractivity contribution in [1.29, 1.82) is 0 Å². The first kappa shape index (κ1) is 31.0. The van der Waals surface area contributed by atoms with Crippen LogP contribution in [-0.4, -0.2) is 35.0 Å². The lowest BCUT2D eigenvalue weighted by molar-refractivity contribution is -0.139. The van der Waals surface area contributed by atoms with Crippen molar-refractivity contribution in [3.8, 4) is 22.5 Å². The van der Waals surface area contributed by atoms with Crippen LogP contribution in [0.5, 0.6) is 0 Å². The summed E-state index contributed by atoms with van der Waals surface area (Å²) in [5, 5.41) is 13.5. The molecule has 1 aromatic heterocycles. The number of carbonyl (C=O) groups excluding carboxylic acids is 1. The summed E-state index contributed by atoms with van der Waals surface area (Å²) in [5.41, 5.74) is 4.45. The topological polar surface area (TPSA) is 88.8 Å². The normalized spacial score (nSPS) is 11.8. The number of aliphatic carboxylic acids is 1. The van der Waals surface area contributed by atoms with Crippen LogP contribution in [0, 0.1) is 6.92 Å². The molecule has 0 aliphatic rings. The third kappa shape index (κ3) is 7.67. The average molecular weight is 633 g/mol. The van der Waals surface area contributed by atoms with Crippen LogP contribution in [0.25, 0.3) is 22.5 Å². The second kappa shape index (κ2) is 14.3. The van der Waals surface area contributed by atoms with Gasteiger partial charge < -0.3 is 19.6 Å². The van der Waals surface area contributed by atoms with Crippen molar-refractivity contribution in [2.45, 2.75) is 32.6 Å². The van der Waals surface area contributed by atoms with Gasteiger partial charge in [-0.25, -0.2) is 4.79 Å². The second-order valence-corrected chi connectivity index (χ2v) is 11.5. The van der Waals surface area contributed by atoms with Crippen LogP contribution in [-0.2, 0) is 22.7 Å². The second-order valence-electron chi connectivity index (χ2n) is 9.32. The van der Waals surface area contributed by atoms with E-state index in [0.717, 1.165) is 22.3 Å². The van der Waals surface area contributed by atoms with Crippen molar-refractivity contribution in [3.05, 3.63) is 104 Å². The van der Waals surface area contributed by atoms with E-state index >= 15 is 0 Å². The minimum Gasteiger partial charge on any atom is -0.480 e. The number of benzene rings is 3. The summed E-state index contributed by atoms with van der Waals surface area (Å²) in [5.74, 6) is -0.0747. The van der Waals surface area contributed by atoms with E-state index < -0.39 is 17.9 Å². The number of aryl methyl sites for hydroxylation is 1. The Morgan fingerprint density at radius 3 is 2.39 bits per heavy atom. The summed E-state index contributed by atoms with van der Waals surface area (Å²) in [6, 6.07) is 19.1. The molecular formula is C31H28Cl3NO5S. The van der Waals surface area contributed by atoms with Gasteiger partial charge in [0.1, 0.15) is 22.7 Å². The lowest BCUT2D eigenvalue weighted by Crippen LogP contribution is -2.41. The molecule has 41 heavy (non-hydrogen) atoms. The number of hydrogen-bond donors (Lipinski definition) is 2. The minimum atomic E-state index is -1.06. The molecule has 0 spiro atoms. The Morgan fingerprint density at radius 1 is 0.976 bits per heavy atom. The number of carbonyl (C=O) groups is 2. The van der Waals surface area contributed by atoms with E-state index in [9.17, 15) is 14.7 Å². The molecule has 4 rings (SSSR count). The molecule has 6 nitrogen and oxygen atoms in total. The van der Waals surface area contributed by atoms with Crippen LogP contribution in [0.4, 0.5) is 0 Å². The van der Waals surface area contributed by atoms with Crippen LogP contribution in [0.1, 0.15) is 33.7 Å². The predicted molar refractivity (Wildman–Crippen MR) is 166 cm³/mol. The van der Waals surface area contributed by atoms with Gasteiger partial charge in [0.05, 0.1) is 6.61 Å². The number of nitrogens with one attached hydrogen (secondary N) is 1. The quantitative estimate of drug-likeness (QED) is 0.163. The number of amides is 1. The number of halogens is 3. The Kier molecular flexibility index (Phi) is 10.8. The average Bonchev–Trinajstić information content (AvgIpc) is 3.24. The molecule has 0 unspecified atom stereocenters. The highest BCUT2D eigenvalue weighted by atomic mass is 35.5. The van der Waals surface area contributed by atoms with Gasteiger partial charge >= 0.3 is 5.97 Å². The molecule has 0 saturated carbocycles. The van der Waals surface area contributed by atoms with Crippen molar-refractivity contribution in [2.75, 3.05) is 12.0 Å². The van der Waals surface area contributed by atoms with Gasteiger partial charge in [0.25, 0.3) is 5.91 Å². The third-order valence-corrected chi connectivity index (χ3v) is 8.20. The minimum absolute atomic E-state index is 0.0732. The fourth-order valence-electron chi connectivity index (χ4n) is 4.28. The molecule has 0 radical (unpaired) electrons. The molecule has 1 amide bonds. The van der Waals surface area contributed by atoms with E-state index in [0.29, 0.717) is 44.9 Å². The molecule has 2 N–H and O–H groups in total. The molecule has 3 aromatic carbocycles. The highest BCUT2D eigenvalue weighted by Crippen LogP contribution is 2.39. The van der Waals surface area contributed by atoms with E-state index in [-0.39, 0.29) is 18.2 Å². The summed E-state index contributed by atoms with van der Waals surface area (Å²) in [4.78, 5) is 25.0. The van der Waals surface area contributed by atoms with E-state index in [1.807, 2.05) is 43.5 Å². The van der Waals surface area contributed by atoms with Gasteiger partial charge in [-0.05, 0) is 84.0 Å². The van der Waals surface area contributed by atoms with E-state index in [1.165, 1.54) is 11.8 Å². The molecule has 0 saturated heterocycles. The molecule has 0 fully saturated rings. The first-order chi connectivity index (χ1) is 19.7. The lowest BCUT2D eigenvalue weighted by Gasteiger charge is -2.17. The van der Waals surface area contributed by atoms with Crippen molar-refractivity contribution in [1.82, 2.24) is 5.32 Å². The SMILES string of the molecule is CSCC[C@H](NC(=O)c1ccc(COCc2oc(-c3ccc(Cl)cc3)c(Cl)c2Cl)cc1-c1ccccc1C)C(=O)O. The Labute approximate surface area is 257 Å². The van der Waals surface area contributed by atoms with Crippen LogP contribution < -0.4 is 5.32 Å². The molecule has 214 valence electrons. The molecule has 0 aliphatic heterocycles. The zero-order chi connectivity index (χ0) is 29.5. The molecule has 0 aliphatic carbocycles. The summed E-state index contributed by atoms with van der Waals surface area (Å²) >= 11 is 20.4. The largest absolute Gasteiger partial charge is 0.480 e. The van der Waals surface area contributed by atoms with Crippen LogP contribution >= 0.6 is 46.6 Å². The summed E-state index contributed by atoms with van der Waals surface area (Å²) in [7, 11) is 0. The maximum atomic E-state index is 13.3. The van der Waals surface area contributed by atoms with Gasteiger partial charge in [0.2, 0.25) is 0 Å². The fraction of sp³-hybridized carbons (Fsp3) is 0.226. The number of ether oxygens (including phenoxy) is 1. The van der Waals surface area contributed by atoms with Crippen molar-refractivity contribution in [3.63, 3.8) is 0 Å². The highest BCUT2D eigenvalue weighted by Gasteiger charge is 2.23. The zero-order valence-electron chi connectivity index (χ0n) is 22.4. The maximum absolute atomic E-state index is 13.3. The van der Waals surface area contributed by atoms with Crippen LogP contribution in [0.3, 0.4) is 0 Å². The molecular weight excluding hydrogens is 605 g/mol. The lowest BCUT2D eigenvalue weighted by atomic mass is 9.93. The summed E-state index contributed by atoms with van der Waals surface area (Å²) < 4.78 is 11.9. The predicted octanol–water partition coefficient (Wildman–Crippen LogP) is 8.54. The van der Waals surface area contributed by atoms with Gasteiger partial charge in [-0.3, -0.25) is 4.79 Å². The first-order valence-corrected chi connectivity index (χ1v) is 15.2. The summed E-state index contributed by atoms with van der Waals surface area (Å²) in [6.45, 7) is 2.24. The smallest absolute Gasteiger partial charge is 0.326 e. The molecule has 4 aromatic rings. The van der Waals surface area contributed by atoms with Gasteiger partial charge in [-0.1, -0.05) is 65.1 Å². The van der Waals surface area contributed by atoms with Crippen molar-refractivity contribution < 1.29 is 23.8 Å². The Hall–Kier alpha value is -2.94. The van der Waals surface area contributed by atoms with E-state index in [4.69, 9.17) is 44.0 Å². The first-order valence-electron chi connectivity index (χ1n) is 12.7. The third-order valence-electron chi connectivity index (χ3n) is 6.45. The summed E-state index contributed by atoms with van der Waals surface area (Å²) in [6.07, 6.45) is 2.22. The molecule has 1 heterocycles. The number of hydrogen-bond acceptors (Lipinski definition) is 5. The van der Waals surface area contributed by atoms with Gasteiger partial charge in [-0.15, -0.1) is 0 Å². The number of carboxylic acids is 1. The maximum Gasteiger partial charge on any atom is 0.326 e. The highest BCUT2D eigenvalue weighted by molar-refractivity contribution is 7.98. The number of rotatable bonds is 12. The van der Waals surface area contributed by atoms with Gasteiger partial charge in [0.15, 0.2) is 11.5 Å². The zero-order valence-corrected chi connectivity index (χ0v) is 25.5. The standard InChI is InChI=1S/C31H28Cl3NO5S/c1-18-5-3-4-6-22(18)24-15-19(7-12-23(24)30(36)35-25(31(37)38)13-14-41-2)16-39-17-26-27(33)28(34)29(40-26)20-8-10-21(32)11-9-20/h3-12,15,25H,13-14,16-17H2,1-2H3,(H,35,36)(H,37,38)/t25-/m0/s1. The van der Waals surface area contributed by atoms with Gasteiger partial charge in [-0.2, -0.15) is 11.8 Å². The number of furan rings is 1. The van der Waals surface area contributed by atoms with Crippen molar-refractivity contribution >= 4 is 58.4 Å². The van der Waals surface area contributed by atoms with Crippen LogP contribution in [0.2, 0.25) is 15.1 Å². The van der Waals surface area contributed by atoms with E-state index in [2.05, 4.69) is 5.32 Å². The number of carboxylic acid groups (broad SMARTS) is 1. The monoisotopic (exact) mass is 631 g/mol. The van der Waals surface area contributed by atoms with Gasteiger partial charge in [0, 0.05) is 16.1 Å². The molecule has 0 bridgehead atoms. The van der Waals surface area contributed by atoms with E-state index in [1.54, 1.807) is 36.4 Å². The Bertz CT molecular complexity index is 1540. The molecule has 10 heteroatoms. The number of thioether (sulfide) groups is 1.